The zero-order valence-corrected chi connectivity index (χ0v) is 8.29. The van der Waals surface area contributed by atoms with E-state index in [9.17, 15) is 0 Å². The fourth-order valence-electron chi connectivity index (χ4n) is 1.59. The van der Waals surface area contributed by atoms with Gasteiger partial charge >= 0.3 is 0 Å². The van der Waals surface area contributed by atoms with Crippen molar-refractivity contribution in [2.45, 2.75) is 32.3 Å². The van der Waals surface area contributed by atoms with Crippen molar-refractivity contribution in [3.05, 3.63) is 35.4 Å². The lowest BCUT2D eigenvalue weighted by molar-refractivity contribution is -0.0527. The Morgan fingerprint density at radius 2 is 1.85 bits per heavy atom. The summed E-state index contributed by atoms with van der Waals surface area (Å²) < 4.78 is 5.42. The van der Waals surface area contributed by atoms with Crippen LogP contribution in [-0.2, 0) is 4.74 Å². The molecule has 1 unspecified atom stereocenters. The predicted octanol–water partition coefficient (Wildman–Crippen LogP) is 3.27. The van der Waals surface area contributed by atoms with E-state index in [-0.39, 0.29) is 0 Å². The van der Waals surface area contributed by atoms with Crippen LogP contribution in [0.15, 0.2) is 24.3 Å². The number of hydrogen-bond donors (Lipinski definition) is 0. The van der Waals surface area contributed by atoms with Crippen molar-refractivity contribution in [2.24, 2.45) is 0 Å². The van der Waals surface area contributed by atoms with Gasteiger partial charge in [-0.3, -0.25) is 0 Å². The van der Waals surface area contributed by atoms with Crippen LogP contribution in [0.2, 0.25) is 0 Å². The molecule has 0 radical (unpaired) electrons. The van der Waals surface area contributed by atoms with Gasteiger partial charge in [0.2, 0.25) is 0 Å². The average Bonchev–Trinajstić information content (AvgIpc) is 2.02. The third kappa shape index (κ3) is 1.75. The van der Waals surface area contributed by atoms with Gasteiger partial charge in [0, 0.05) is 6.42 Å². The molecule has 0 aliphatic carbocycles. The van der Waals surface area contributed by atoms with Gasteiger partial charge in [-0.2, -0.15) is 0 Å². The van der Waals surface area contributed by atoms with Gasteiger partial charge in [0.05, 0.1) is 12.7 Å². The lowest BCUT2D eigenvalue weighted by Gasteiger charge is -2.26. The average molecular weight is 176 g/mol. The lowest BCUT2D eigenvalue weighted by atomic mass is 9.98. The van der Waals surface area contributed by atoms with Crippen molar-refractivity contribution >= 4 is 0 Å². The first-order chi connectivity index (χ1) is 6.27. The summed E-state index contributed by atoms with van der Waals surface area (Å²) >= 11 is 0. The van der Waals surface area contributed by atoms with Gasteiger partial charge in [-0.25, -0.2) is 0 Å². The Kier molecular flexibility index (Phi) is 2.36. The van der Waals surface area contributed by atoms with Gasteiger partial charge in [0.15, 0.2) is 0 Å². The first-order valence-corrected chi connectivity index (χ1v) is 4.99. The minimum absolute atomic E-state index is 0.376. The topological polar surface area (TPSA) is 9.23 Å². The van der Waals surface area contributed by atoms with E-state index in [1.54, 1.807) is 0 Å². The normalized spacial score (nSPS) is 21.6. The van der Waals surface area contributed by atoms with Crippen LogP contribution in [0.1, 0.15) is 43.4 Å². The molecule has 1 atom stereocenters. The molecule has 0 spiro atoms. The first kappa shape index (κ1) is 8.76. The Bertz CT molecular complexity index is 270. The zero-order chi connectivity index (χ0) is 9.26. The largest absolute Gasteiger partial charge is 0.373 e. The summed E-state index contributed by atoms with van der Waals surface area (Å²) in [6.07, 6.45) is 1.56. The van der Waals surface area contributed by atoms with E-state index in [4.69, 9.17) is 4.74 Å². The third-order valence-corrected chi connectivity index (χ3v) is 2.67. The fraction of sp³-hybridized carbons (Fsp3) is 0.500. The fourth-order valence-corrected chi connectivity index (χ4v) is 1.59. The van der Waals surface area contributed by atoms with E-state index in [2.05, 4.69) is 38.1 Å². The molecule has 1 aliphatic heterocycles. The summed E-state index contributed by atoms with van der Waals surface area (Å²) in [6.45, 7) is 5.36. The minimum Gasteiger partial charge on any atom is -0.373 e. The molecule has 1 fully saturated rings. The van der Waals surface area contributed by atoms with Gasteiger partial charge in [0.25, 0.3) is 0 Å². The Balaban J connectivity index is 2.13. The van der Waals surface area contributed by atoms with Gasteiger partial charge in [-0.05, 0) is 17.0 Å². The molecular formula is C12H16O. The number of ether oxygens (including phenoxy) is 1. The summed E-state index contributed by atoms with van der Waals surface area (Å²) in [5, 5.41) is 0. The molecule has 1 aliphatic rings. The molecule has 1 heterocycles. The highest BCUT2D eigenvalue weighted by molar-refractivity contribution is 5.26. The number of benzene rings is 1. The Hall–Kier alpha value is -0.820. The second-order valence-corrected chi connectivity index (χ2v) is 3.97. The van der Waals surface area contributed by atoms with E-state index in [1.165, 1.54) is 17.5 Å². The molecule has 1 heteroatoms. The molecule has 70 valence electrons. The first-order valence-electron chi connectivity index (χ1n) is 4.99. The molecule has 0 aromatic heterocycles. The number of rotatable bonds is 2. The second kappa shape index (κ2) is 3.51. The number of hydrogen-bond acceptors (Lipinski definition) is 1. The van der Waals surface area contributed by atoms with Crippen LogP contribution in [0.25, 0.3) is 0 Å². The molecule has 0 bridgehead atoms. The molecule has 1 saturated heterocycles. The highest BCUT2D eigenvalue weighted by Crippen LogP contribution is 2.29. The summed E-state index contributed by atoms with van der Waals surface area (Å²) in [7, 11) is 0. The molecule has 1 aromatic carbocycles. The van der Waals surface area contributed by atoms with Crippen LogP contribution in [-0.4, -0.2) is 6.61 Å². The van der Waals surface area contributed by atoms with Crippen LogP contribution < -0.4 is 0 Å². The maximum absolute atomic E-state index is 5.42. The highest BCUT2D eigenvalue weighted by atomic mass is 16.5. The third-order valence-electron chi connectivity index (χ3n) is 2.67. The Morgan fingerprint density at radius 1 is 1.23 bits per heavy atom. The zero-order valence-electron chi connectivity index (χ0n) is 8.29. The van der Waals surface area contributed by atoms with Gasteiger partial charge in [0.1, 0.15) is 0 Å². The SMILES string of the molecule is CC(C)c1ccc(C2CCO2)cc1. The Morgan fingerprint density at radius 3 is 2.23 bits per heavy atom. The molecular weight excluding hydrogens is 160 g/mol. The molecule has 0 amide bonds. The van der Waals surface area contributed by atoms with Crippen LogP contribution in [0.3, 0.4) is 0 Å². The van der Waals surface area contributed by atoms with E-state index in [0.717, 1.165) is 6.61 Å². The molecule has 13 heavy (non-hydrogen) atoms. The van der Waals surface area contributed by atoms with Gasteiger partial charge in [-0.1, -0.05) is 38.1 Å². The smallest absolute Gasteiger partial charge is 0.0846 e. The van der Waals surface area contributed by atoms with E-state index >= 15 is 0 Å². The van der Waals surface area contributed by atoms with Gasteiger partial charge in [-0.15, -0.1) is 0 Å². The molecule has 2 rings (SSSR count). The maximum atomic E-state index is 5.42. The van der Waals surface area contributed by atoms with Crippen molar-refractivity contribution in [2.75, 3.05) is 6.61 Å². The summed E-state index contributed by atoms with van der Waals surface area (Å²) in [5.41, 5.74) is 2.73. The lowest BCUT2D eigenvalue weighted by Crippen LogP contribution is -2.17. The summed E-state index contributed by atoms with van der Waals surface area (Å²) in [6, 6.07) is 8.81. The quantitative estimate of drug-likeness (QED) is 0.672. The van der Waals surface area contributed by atoms with Gasteiger partial charge < -0.3 is 4.74 Å². The van der Waals surface area contributed by atoms with Crippen molar-refractivity contribution in [1.29, 1.82) is 0 Å². The monoisotopic (exact) mass is 176 g/mol. The standard InChI is InChI=1S/C12H16O/c1-9(2)10-3-5-11(6-4-10)12-7-8-13-12/h3-6,9,12H,7-8H2,1-2H3. The van der Waals surface area contributed by atoms with E-state index in [0.29, 0.717) is 12.0 Å². The second-order valence-electron chi connectivity index (χ2n) is 3.97. The van der Waals surface area contributed by atoms with Crippen molar-refractivity contribution < 1.29 is 4.74 Å². The van der Waals surface area contributed by atoms with Crippen molar-refractivity contribution in [1.82, 2.24) is 0 Å². The van der Waals surface area contributed by atoms with Crippen LogP contribution in [0.5, 0.6) is 0 Å². The van der Waals surface area contributed by atoms with E-state index in [1.807, 2.05) is 0 Å². The molecule has 0 N–H and O–H groups in total. The minimum atomic E-state index is 0.376. The van der Waals surface area contributed by atoms with Crippen molar-refractivity contribution in [3.63, 3.8) is 0 Å². The van der Waals surface area contributed by atoms with Crippen LogP contribution in [0, 0.1) is 0 Å². The molecule has 0 saturated carbocycles. The van der Waals surface area contributed by atoms with Crippen LogP contribution >= 0.6 is 0 Å². The summed E-state index contributed by atoms with van der Waals surface area (Å²) in [4.78, 5) is 0. The van der Waals surface area contributed by atoms with Crippen LogP contribution in [0.4, 0.5) is 0 Å². The summed E-state index contributed by atoms with van der Waals surface area (Å²) in [5.74, 6) is 0.622. The predicted molar refractivity (Wildman–Crippen MR) is 53.8 cm³/mol. The van der Waals surface area contributed by atoms with Crippen molar-refractivity contribution in [3.8, 4) is 0 Å². The molecule has 1 aromatic rings. The Labute approximate surface area is 79.7 Å². The highest BCUT2D eigenvalue weighted by Gasteiger charge is 2.19. The molecule has 1 nitrogen and oxygen atoms in total. The van der Waals surface area contributed by atoms with E-state index < -0.39 is 0 Å². The maximum Gasteiger partial charge on any atom is 0.0846 e.